The van der Waals surface area contributed by atoms with E-state index in [-0.39, 0.29) is 22.6 Å². The van der Waals surface area contributed by atoms with Gasteiger partial charge in [0.2, 0.25) is 5.91 Å². The van der Waals surface area contributed by atoms with Crippen molar-refractivity contribution >= 4 is 33.4 Å². The predicted octanol–water partition coefficient (Wildman–Crippen LogP) is 4.59. The number of alkyl halides is 3. The Labute approximate surface area is 222 Å². The number of carbonyl (C=O) groups is 2. The summed E-state index contributed by atoms with van der Waals surface area (Å²) >= 11 is 1.47. The monoisotopic (exact) mass is 569 g/mol. The summed E-state index contributed by atoms with van der Waals surface area (Å²) in [5, 5.41) is 8.74. The number of benzene rings is 2. The molecule has 2 N–H and O–H groups in total. The van der Waals surface area contributed by atoms with Gasteiger partial charge >= 0.3 is 6.18 Å². The first-order valence-corrected chi connectivity index (χ1v) is 14.5. The first-order chi connectivity index (χ1) is 17.9. The van der Waals surface area contributed by atoms with Crippen molar-refractivity contribution in [1.29, 1.82) is 0 Å². The van der Waals surface area contributed by atoms with Crippen molar-refractivity contribution in [2.45, 2.75) is 47.3 Å². The number of hydrogen-bond donors (Lipinski definition) is 2. The molecule has 9 nitrogen and oxygen atoms in total. The number of nitrogens with one attached hydrogen (secondary N) is 2. The van der Waals surface area contributed by atoms with Gasteiger partial charge in [-0.1, -0.05) is 11.2 Å². The zero-order valence-corrected chi connectivity index (χ0v) is 21.9. The molecule has 0 aromatic heterocycles. The minimum Gasteiger partial charge on any atom is -0.352 e. The molecule has 0 radical (unpaired) electrons. The Morgan fingerprint density at radius 3 is 2.50 bits per heavy atom. The van der Waals surface area contributed by atoms with Crippen LogP contribution in [-0.2, 0) is 20.8 Å². The number of azide groups is 1. The molecule has 2 aromatic rings. The van der Waals surface area contributed by atoms with Gasteiger partial charge < -0.3 is 10.6 Å². The maximum absolute atomic E-state index is 13.1. The molecule has 0 saturated heterocycles. The van der Waals surface area contributed by atoms with Crippen molar-refractivity contribution in [1.82, 2.24) is 10.6 Å². The van der Waals surface area contributed by atoms with Crippen LogP contribution in [-0.4, -0.2) is 50.9 Å². The number of rotatable bonds is 9. The van der Waals surface area contributed by atoms with E-state index >= 15 is 0 Å². The van der Waals surface area contributed by atoms with Crippen LogP contribution in [0.15, 0.2) is 63.4 Å². The molecule has 0 heterocycles. The number of hydrogen-bond acceptors (Lipinski definition) is 6. The van der Waals surface area contributed by atoms with Crippen molar-refractivity contribution in [2.75, 3.05) is 18.6 Å². The van der Waals surface area contributed by atoms with Crippen molar-refractivity contribution < 1.29 is 31.2 Å². The Hall–Kier alpha value is -3.22. The Kier molecular flexibility index (Phi) is 9.69. The maximum atomic E-state index is 13.1. The molecule has 0 spiro atoms. The van der Waals surface area contributed by atoms with Crippen LogP contribution < -0.4 is 10.6 Å². The van der Waals surface area contributed by atoms with E-state index in [1.807, 2.05) is 6.26 Å². The van der Waals surface area contributed by atoms with E-state index in [9.17, 15) is 31.2 Å². The third-order valence-corrected chi connectivity index (χ3v) is 8.83. The van der Waals surface area contributed by atoms with Gasteiger partial charge in [0.1, 0.15) is 0 Å². The SMILES string of the molecule is CSc1ccc(S(=O)(=O)C[C@H]2C[C@@H](N=[N+]=[N-])CC[C@@H]2NC(=O)CNC(=O)c2cccc(C(F)(F)F)c2)cc1. The van der Waals surface area contributed by atoms with Gasteiger partial charge in [-0.3, -0.25) is 9.59 Å². The minimum absolute atomic E-state index is 0.139. The summed E-state index contributed by atoms with van der Waals surface area (Å²) < 4.78 is 64.9. The van der Waals surface area contributed by atoms with Crippen LogP contribution in [0.25, 0.3) is 10.4 Å². The lowest BCUT2D eigenvalue weighted by Gasteiger charge is -2.35. The summed E-state index contributed by atoms with van der Waals surface area (Å²) in [6.45, 7) is -0.513. The van der Waals surface area contributed by atoms with Gasteiger partial charge in [-0.15, -0.1) is 11.8 Å². The summed E-state index contributed by atoms with van der Waals surface area (Å²) in [5.74, 6) is -2.33. The van der Waals surface area contributed by atoms with E-state index < -0.39 is 57.9 Å². The largest absolute Gasteiger partial charge is 0.416 e. The molecule has 0 unspecified atom stereocenters. The third kappa shape index (κ3) is 7.89. The highest BCUT2D eigenvalue weighted by Crippen LogP contribution is 2.31. The van der Waals surface area contributed by atoms with E-state index in [1.54, 1.807) is 12.1 Å². The lowest BCUT2D eigenvalue weighted by atomic mass is 9.83. The van der Waals surface area contributed by atoms with Gasteiger partial charge in [0.05, 0.1) is 22.8 Å². The molecule has 14 heteroatoms. The molecule has 2 aromatic carbocycles. The van der Waals surface area contributed by atoms with Crippen LogP contribution in [0.5, 0.6) is 0 Å². The molecule has 1 aliphatic carbocycles. The predicted molar refractivity (Wildman–Crippen MR) is 136 cm³/mol. The molecule has 1 fully saturated rings. The zero-order valence-electron chi connectivity index (χ0n) is 20.3. The molecule has 3 atom stereocenters. The van der Waals surface area contributed by atoms with Crippen molar-refractivity contribution in [3.8, 4) is 0 Å². The van der Waals surface area contributed by atoms with Crippen LogP contribution in [0, 0.1) is 5.92 Å². The van der Waals surface area contributed by atoms with Gasteiger partial charge in [0.15, 0.2) is 9.84 Å². The van der Waals surface area contributed by atoms with Crippen LogP contribution >= 0.6 is 11.8 Å². The molecule has 1 aliphatic rings. The average molecular weight is 570 g/mol. The summed E-state index contributed by atoms with van der Waals surface area (Å²) in [6, 6.07) is 9.27. The van der Waals surface area contributed by atoms with Crippen LogP contribution in [0.2, 0.25) is 0 Å². The summed E-state index contributed by atoms with van der Waals surface area (Å²) in [7, 11) is -3.73. The van der Waals surface area contributed by atoms with Gasteiger partial charge in [-0.05, 0) is 79.4 Å². The molecular formula is C24H26F3N5O4S2. The van der Waals surface area contributed by atoms with E-state index in [0.717, 1.165) is 17.0 Å². The third-order valence-electron chi connectivity index (χ3n) is 6.23. The van der Waals surface area contributed by atoms with Crippen molar-refractivity contribution in [2.24, 2.45) is 11.0 Å². The highest BCUT2D eigenvalue weighted by molar-refractivity contribution is 7.98. The lowest BCUT2D eigenvalue weighted by molar-refractivity contribution is -0.137. The average Bonchev–Trinajstić information content (AvgIpc) is 2.88. The minimum atomic E-state index is -4.62. The van der Waals surface area contributed by atoms with Gasteiger partial charge in [0.25, 0.3) is 5.91 Å². The number of halogens is 3. The van der Waals surface area contributed by atoms with Crippen LogP contribution in [0.4, 0.5) is 13.2 Å². The zero-order chi connectivity index (χ0) is 27.9. The van der Waals surface area contributed by atoms with Gasteiger partial charge in [-0.25, -0.2) is 8.42 Å². The number of sulfone groups is 1. The number of amides is 2. The molecule has 0 aliphatic heterocycles. The van der Waals surface area contributed by atoms with Gasteiger partial charge in [-0.2, -0.15) is 13.2 Å². The topological polar surface area (TPSA) is 141 Å². The second-order valence-electron chi connectivity index (χ2n) is 8.82. The normalized spacial score (nSPS) is 19.7. The summed E-state index contributed by atoms with van der Waals surface area (Å²) in [4.78, 5) is 28.8. The molecule has 2 amide bonds. The quantitative estimate of drug-likeness (QED) is 0.197. The van der Waals surface area contributed by atoms with Crippen LogP contribution in [0.1, 0.15) is 35.2 Å². The van der Waals surface area contributed by atoms with Crippen LogP contribution in [0.3, 0.4) is 0 Å². The van der Waals surface area contributed by atoms with E-state index in [4.69, 9.17) is 5.53 Å². The fraction of sp³-hybridized carbons (Fsp3) is 0.417. The highest BCUT2D eigenvalue weighted by Gasteiger charge is 2.35. The second kappa shape index (κ2) is 12.5. The Morgan fingerprint density at radius 2 is 1.87 bits per heavy atom. The molecule has 0 bridgehead atoms. The maximum Gasteiger partial charge on any atom is 0.416 e. The molecule has 1 saturated carbocycles. The van der Waals surface area contributed by atoms with Gasteiger partial charge in [0, 0.05) is 27.5 Å². The number of carbonyl (C=O) groups excluding carboxylic acids is 2. The Bertz CT molecular complexity index is 1310. The highest BCUT2D eigenvalue weighted by atomic mass is 32.2. The standard InChI is InChI=1S/C24H26F3N5O4S2/c1-37-19-6-8-20(9-7-19)38(35,36)14-16-12-18(31-32-28)5-10-21(16)30-22(33)13-29-23(34)15-3-2-4-17(11-15)24(25,26)27/h2-4,6-9,11,16,18,21H,5,10,12-14H2,1H3,(H,29,34)(H,30,33)/t16-,18+,21+/m1/s1. The first-order valence-electron chi connectivity index (χ1n) is 11.6. The fourth-order valence-electron chi connectivity index (χ4n) is 4.31. The molecule has 38 heavy (non-hydrogen) atoms. The fourth-order valence-corrected chi connectivity index (χ4v) is 6.39. The Balaban J connectivity index is 1.67. The van der Waals surface area contributed by atoms with Crippen molar-refractivity contribution in [3.05, 3.63) is 70.1 Å². The number of nitrogens with zero attached hydrogens (tertiary/aromatic N) is 3. The number of thioether (sulfide) groups is 1. The lowest BCUT2D eigenvalue weighted by Crippen LogP contribution is -2.49. The van der Waals surface area contributed by atoms with E-state index in [1.165, 1.54) is 30.0 Å². The molecule has 204 valence electrons. The van der Waals surface area contributed by atoms with Crippen molar-refractivity contribution in [3.63, 3.8) is 0 Å². The van der Waals surface area contributed by atoms with E-state index in [0.29, 0.717) is 18.9 Å². The summed E-state index contributed by atoms with van der Waals surface area (Å²) in [6.07, 6.45) is -1.72. The molecule has 3 rings (SSSR count). The van der Waals surface area contributed by atoms with E-state index in [2.05, 4.69) is 20.7 Å². The smallest absolute Gasteiger partial charge is 0.352 e. The second-order valence-corrected chi connectivity index (χ2v) is 11.7. The first kappa shape index (κ1) is 29.3. The summed E-state index contributed by atoms with van der Waals surface area (Å²) in [5.41, 5.74) is 7.58. The Morgan fingerprint density at radius 1 is 1.16 bits per heavy atom. The molecular weight excluding hydrogens is 543 g/mol.